The van der Waals surface area contributed by atoms with Gasteiger partial charge in [-0.25, -0.2) is 4.39 Å². The Balaban J connectivity index is 0.000000168. The number of aryl methyl sites for hydroxylation is 2. The van der Waals surface area contributed by atoms with Crippen LogP contribution in [0.1, 0.15) is 0 Å². The molecular weight excluding hydrogens is 535 g/mol. The van der Waals surface area contributed by atoms with E-state index in [1.165, 1.54) is 32.4 Å². The lowest BCUT2D eigenvalue weighted by Gasteiger charge is -2.15. The van der Waals surface area contributed by atoms with Crippen molar-refractivity contribution >= 4 is 21.8 Å². The van der Waals surface area contributed by atoms with Crippen LogP contribution in [0.4, 0.5) is 4.39 Å². The first-order valence-electron chi connectivity index (χ1n) is 13.1. The molecule has 0 saturated heterocycles. The van der Waals surface area contributed by atoms with Crippen molar-refractivity contribution in [3.63, 3.8) is 0 Å². The summed E-state index contributed by atoms with van der Waals surface area (Å²) in [6.07, 6.45) is 0. The molecule has 4 aromatic carbocycles. The van der Waals surface area contributed by atoms with E-state index in [1.54, 1.807) is 29.8 Å². The first-order chi connectivity index (χ1) is 20.3. The lowest BCUT2D eigenvalue weighted by molar-refractivity contribution is 0.376. The largest absolute Gasteiger partial charge is 0.504 e. The summed E-state index contributed by atoms with van der Waals surface area (Å²) in [5.74, 6) is -0.0646. The highest BCUT2D eigenvalue weighted by Gasteiger charge is 2.16. The van der Waals surface area contributed by atoms with Crippen molar-refractivity contribution in [3.8, 4) is 39.8 Å². The number of halogens is 1. The minimum Gasteiger partial charge on any atom is -0.504 e. The summed E-state index contributed by atoms with van der Waals surface area (Å²) in [5, 5.41) is 10.9. The standard InChI is InChI=1S/C17H14FNO2.C17H15NO3/c1-19-14(11-6-4-3-5-7-11)10-15(20)12-8-9-13(18)17(21-2)16(12)19;1-18-13(11-6-4-3-5-7-11)10-15(20)12-8-9-14(19)17(21-2)16(12)18/h3-10H,1-2H3;3-10,19H,1-2H3. The molecule has 0 aliphatic heterocycles. The van der Waals surface area contributed by atoms with Crippen molar-refractivity contribution in [1.82, 2.24) is 9.13 Å². The van der Waals surface area contributed by atoms with E-state index < -0.39 is 5.82 Å². The summed E-state index contributed by atoms with van der Waals surface area (Å²) in [7, 11) is 6.53. The van der Waals surface area contributed by atoms with Gasteiger partial charge in [-0.3, -0.25) is 9.59 Å². The van der Waals surface area contributed by atoms with Crippen LogP contribution in [-0.4, -0.2) is 28.5 Å². The molecule has 0 amide bonds. The summed E-state index contributed by atoms with van der Waals surface area (Å²) in [5.41, 5.74) is 4.12. The summed E-state index contributed by atoms with van der Waals surface area (Å²) >= 11 is 0. The van der Waals surface area contributed by atoms with Gasteiger partial charge in [-0.2, -0.15) is 0 Å². The van der Waals surface area contributed by atoms with Crippen LogP contribution in [0.15, 0.2) is 107 Å². The van der Waals surface area contributed by atoms with Crippen LogP contribution in [0.25, 0.3) is 44.3 Å². The Morgan fingerprint density at radius 3 is 1.50 bits per heavy atom. The lowest BCUT2D eigenvalue weighted by atomic mass is 10.1. The van der Waals surface area contributed by atoms with E-state index >= 15 is 0 Å². The van der Waals surface area contributed by atoms with Crippen LogP contribution in [-0.2, 0) is 14.1 Å². The molecule has 0 bridgehead atoms. The number of phenolic OH excluding ortho intramolecular Hbond substituents is 1. The van der Waals surface area contributed by atoms with Gasteiger partial charge in [0.2, 0.25) is 0 Å². The molecule has 6 aromatic rings. The Hall–Kier alpha value is -5.37. The van der Waals surface area contributed by atoms with E-state index in [0.29, 0.717) is 27.6 Å². The number of hydrogen-bond donors (Lipinski definition) is 1. The van der Waals surface area contributed by atoms with Crippen molar-refractivity contribution in [2.45, 2.75) is 0 Å². The maximum absolute atomic E-state index is 13.9. The predicted octanol–water partition coefficient (Wildman–Crippen LogP) is 6.27. The highest BCUT2D eigenvalue weighted by molar-refractivity contribution is 5.90. The third kappa shape index (κ3) is 4.99. The van der Waals surface area contributed by atoms with Gasteiger partial charge in [0, 0.05) is 37.0 Å². The number of rotatable bonds is 4. The van der Waals surface area contributed by atoms with E-state index in [-0.39, 0.29) is 22.4 Å². The van der Waals surface area contributed by atoms with Gasteiger partial charge in [0.15, 0.2) is 33.9 Å². The van der Waals surface area contributed by atoms with Crippen LogP contribution in [0.2, 0.25) is 0 Å². The number of phenols is 1. The fourth-order valence-corrected chi connectivity index (χ4v) is 5.18. The third-order valence-electron chi connectivity index (χ3n) is 7.20. The molecule has 2 aromatic heterocycles. The number of hydrogen-bond acceptors (Lipinski definition) is 5. The number of pyridine rings is 2. The van der Waals surface area contributed by atoms with Crippen molar-refractivity contribution in [2.24, 2.45) is 14.1 Å². The minimum atomic E-state index is -0.481. The smallest absolute Gasteiger partial charge is 0.190 e. The number of fused-ring (bicyclic) bond motifs is 2. The maximum atomic E-state index is 13.9. The van der Waals surface area contributed by atoms with Gasteiger partial charge in [-0.1, -0.05) is 60.7 Å². The van der Waals surface area contributed by atoms with Gasteiger partial charge in [-0.15, -0.1) is 0 Å². The first kappa shape index (κ1) is 28.2. The Bertz CT molecular complexity index is 1890. The second kappa shape index (κ2) is 11.6. The van der Waals surface area contributed by atoms with Crippen LogP contribution in [0, 0.1) is 5.82 Å². The summed E-state index contributed by atoms with van der Waals surface area (Å²) in [6.45, 7) is 0. The average molecular weight is 565 g/mol. The second-order valence-electron chi connectivity index (χ2n) is 9.63. The molecule has 212 valence electrons. The molecule has 2 heterocycles. The highest BCUT2D eigenvalue weighted by Crippen LogP contribution is 2.35. The third-order valence-corrected chi connectivity index (χ3v) is 7.20. The molecule has 0 spiro atoms. The summed E-state index contributed by atoms with van der Waals surface area (Å²) < 4.78 is 28.0. The second-order valence-corrected chi connectivity index (χ2v) is 9.63. The molecule has 42 heavy (non-hydrogen) atoms. The molecule has 0 unspecified atom stereocenters. The van der Waals surface area contributed by atoms with E-state index in [0.717, 1.165) is 22.5 Å². The van der Waals surface area contributed by atoms with Crippen molar-refractivity contribution in [1.29, 1.82) is 0 Å². The molecule has 0 fully saturated rings. The number of nitrogens with zero attached hydrogens (tertiary/aromatic N) is 2. The highest BCUT2D eigenvalue weighted by atomic mass is 19.1. The molecule has 1 N–H and O–H groups in total. The number of aromatic nitrogens is 2. The van der Waals surface area contributed by atoms with E-state index in [2.05, 4.69) is 0 Å². The van der Waals surface area contributed by atoms with Gasteiger partial charge < -0.3 is 23.7 Å². The van der Waals surface area contributed by atoms with Crippen LogP contribution >= 0.6 is 0 Å². The number of benzene rings is 4. The normalized spacial score (nSPS) is 10.8. The number of aromatic hydroxyl groups is 1. The molecule has 6 rings (SSSR count). The van der Waals surface area contributed by atoms with Gasteiger partial charge >= 0.3 is 0 Å². The van der Waals surface area contributed by atoms with Gasteiger partial charge in [0.25, 0.3) is 0 Å². The maximum Gasteiger partial charge on any atom is 0.190 e. The Kier molecular flexibility index (Phi) is 7.80. The molecule has 0 aliphatic carbocycles. The Labute approximate surface area is 241 Å². The number of ether oxygens (including phenoxy) is 2. The fourth-order valence-electron chi connectivity index (χ4n) is 5.18. The Morgan fingerprint density at radius 1 is 0.619 bits per heavy atom. The zero-order valence-electron chi connectivity index (χ0n) is 23.6. The minimum absolute atomic E-state index is 0.0187. The van der Waals surface area contributed by atoms with Crippen LogP contribution < -0.4 is 20.3 Å². The fraction of sp³-hybridized carbons (Fsp3) is 0.118. The molecular formula is C34H29FN2O5. The number of methoxy groups -OCH3 is 2. The van der Waals surface area contributed by atoms with Crippen LogP contribution in [0.5, 0.6) is 17.2 Å². The zero-order chi connectivity index (χ0) is 30.0. The van der Waals surface area contributed by atoms with Crippen molar-refractivity contribution in [2.75, 3.05) is 14.2 Å². The first-order valence-corrected chi connectivity index (χ1v) is 13.1. The molecule has 7 nitrogen and oxygen atoms in total. The van der Waals surface area contributed by atoms with E-state index in [4.69, 9.17) is 9.47 Å². The van der Waals surface area contributed by atoms with Gasteiger partial charge in [0.1, 0.15) is 0 Å². The summed E-state index contributed by atoms with van der Waals surface area (Å²) in [4.78, 5) is 24.7. The molecule has 0 atom stereocenters. The predicted molar refractivity (Wildman–Crippen MR) is 164 cm³/mol. The van der Waals surface area contributed by atoms with Crippen molar-refractivity contribution in [3.05, 3.63) is 123 Å². The molecule has 0 aliphatic rings. The molecule has 0 radical (unpaired) electrons. The lowest BCUT2D eigenvalue weighted by Crippen LogP contribution is -2.10. The topological polar surface area (TPSA) is 82.7 Å². The quantitative estimate of drug-likeness (QED) is 0.273. The van der Waals surface area contributed by atoms with Gasteiger partial charge in [-0.05, 0) is 35.4 Å². The molecule has 8 heteroatoms. The van der Waals surface area contributed by atoms with Crippen molar-refractivity contribution < 1.29 is 19.0 Å². The molecule has 0 saturated carbocycles. The Morgan fingerprint density at radius 2 is 1.05 bits per heavy atom. The average Bonchev–Trinajstić information content (AvgIpc) is 3.01. The zero-order valence-corrected chi connectivity index (χ0v) is 23.6. The van der Waals surface area contributed by atoms with Crippen LogP contribution in [0.3, 0.4) is 0 Å². The SMILES string of the molecule is COc1c(F)ccc2c(=O)cc(-c3ccccc3)n(C)c12.COc1c(O)ccc2c(=O)cc(-c3ccccc3)n(C)c12. The monoisotopic (exact) mass is 564 g/mol. The summed E-state index contributed by atoms with van der Waals surface area (Å²) in [6, 6.07) is 28.2. The van der Waals surface area contributed by atoms with E-state index in [9.17, 15) is 19.1 Å². The van der Waals surface area contributed by atoms with E-state index in [1.807, 2.05) is 72.3 Å². The van der Waals surface area contributed by atoms with Gasteiger partial charge in [0.05, 0.1) is 36.6 Å².